The molecule has 0 unspecified atom stereocenters. The molecule has 0 amide bonds. The van der Waals surface area contributed by atoms with Gasteiger partial charge in [-0.3, -0.25) is 19.6 Å². The Morgan fingerprint density at radius 3 is 2.92 bits per heavy atom. The minimum Gasteiger partial charge on any atom is -0.406 e. The second-order valence-electron chi connectivity index (χ2n) is 5.28. The zero-order valence-electron chi connectivity index (χ0n) is 12.5. The highest BCUT2D eigenvalue weighted by molar-refractivity contribution is 7.46. The third-order valence-corrected chi connectivity index (χ3v) is 3.99. The van der Waals surface area contributed by atoms with Crippen molar-refractivity contribution in [2.45, 2.75) is 12.3 Å². The van der Waals surface area contributed by atoms with Crippen molar-refractivity contribution in [2.24, 2.45) is 0 Å². The third kappa shape index (κ3) is 2.97. The van der Waals surface area contributed by atoms with E-state index in [-0.39, 0.29) is 29.9 Å². The van der Waals surface area contributed by atoms with Gasteiger partial charge in [0.2, 0.25) is 5.95 Å². The smallest absolute Gasteiger partial charge is 0.406 e. The van der Waals surface area contributed by atoms with Gasteiger partial charge in [0.15, 0.2) is 12.0 Å². The number of aromatic amines is 1. The predicted octanol–water partition coefficient (Wildman–Crippen LogP) is -1.72. The van der Waals surface area contributed by atoms with Crippen LogP contribution in [0.2, 0.25) is 0 Å². The Balaban J connectivity index is 1.95. The molecule has 12 nitrogen and oxygen atoms in total. The number of phosphoric ester groups is 1. The first kappa shape index (κ1) is 16.7. The number of aliphatic hydroxyl groups excluding tert-OH is 1. The number of ether oxygens (including phenoxy) is 1. The number of hydrogen-bond donors (Lipinski definition) is 5. The molecule has 0 radical (unpaired) electrons. The van der Waals surface area contributed by atoms with Crippen LogP contribution in [0.4, 0.5) is 17.5 Å². The van der Waals surface area contributed by atoms with Crippen molar-refractivity contribution in [3.63, 3.8) is 0 Å². The summed E-state index contributed by atoms with van der Waals surface area (Å²) in [5, 5.41) is 9.31. The van der Waals surface area contributed by atoms with Gasteiger partial charge >= 0.3 is 7.82 Å². The molecule has 0 bridgehead atoms. The molecule has 0 fully saturated rings. The zero-order valence-corrected chi connectivity index (χ0v) is 13.4. The summed E-state index contributed by atoms with van der Waals surface area (Å²) < 4.78 is 21.1. The minimum absolute atomic E-state index is 0.0774. The second-order valence-corrected chi connectivity index (χ2v) is 6.45. The number of nitrogens with zero attached hydrogens (tertiary/aromatic N) is 3. The number of nitrogen functional groups attached to an aromatic ring is 1. The van der Waals surface area contributed by atoms with E-state index >= 15 is 0 Å². The van der Waals surface area contributed by atoms with Crippen molar-refractivity contribution in [3.05, 3.63) is 22.2 Å². The second kappa shape index (κ2) is 5.76. The molecule has 13 heteroatoms. The molecule has 0 saturated carbocycles. The lowest BCUT2D eigenvalue weighted by Gasteiger charge is -2.24. The van der Waals surface area contributed by atoms with Crippen LogP contribution < -0.4 is 21.1 Å². The van der Waals surface area contributed by atoms with Crippen LogP contribution in [0.5, 0.6) is 0 Å². The summed E-state index contributed by atoms with van der Waals surface area (Å²) in [4.78, 5) is 39.5. The van der Waals surface area contributed by atoms with Crippen LogP contribution in [0.3, 0.4) is 0 Å². The highest BCUT2D eigenvalue weighted by Gasteiger charge is 2.40. The Kier molecular flexibility index (Phi) is 4.01. The van der Waals surface area contributed by atoms with Crippen molar-refractivity contribution in [2.75, 3.05) is 35.9 Å². The van der Waals surface area contributed by atoms with E-state index in [2.05, 4.69) is 14.5 Å². The van der Waals surface area contributed by atoms with Crippen molar-refractivity contribution < 1.29 is 28.7 Å². The average molecular weight is 361 g/mol. The number of nitrogens with one attached hydrogen (secondary N) is 1. The highest BCUT2D eigenvalue weighted by Crippen LogP contribution is 2.43. The van der Waals surface area contributed by atoms with E-state index in [1.54, 1.807) is 16.8 Å². The minimum atomic E-state index is -4.80. The number of anilines is 3. The van der Waals surface area contributed by atoms with E-state index in [0.29, 0.717) is 0 Å². The SMILES string of the molecule is CN1CN([C@H]2C=C(OP(=O)(O)O)[C@@H](CO)O2)c2nc(N)[nH]c(=O)c21. The van der Waals surface area contributed by atoms with E-state index in [4.69, 9.17) is 20.3 Å². The lowest BCUT2D eigenvalue weighted by molar-refractivity contribution is 0.00596. The molecule has 2 aliphatic rings. The van der Waals surface area contributed by atoms with E-state index in [1.165, 1.54) is 6.08 Å². The number of aliphatic hydroxyl groups is 1. The summed E-state index contributed by atoms with van der Waals surface area (Å²) in [6.45, 7) is -0.318. The summed E-state index contributed by atoms with van der Waals surface area (Å²) in [5.41, 5.74) is 5.43. The predicted molar refractivity (Wildman–Crippen MR) is 82.0 cm³/mol. The fraction of sp³-hybridized carbons (Fsp3) is 0.455. The molecule has 1 aromatic heterocycles. The fourth-order valence-electron chi connectivity index (χ4n) is 2.63. The molecule has 0 aliphatic carbocycles. The third-order valence-electron chi connectivity index (χ3n) is 3.54. The topological polar surface area (TPSA) is 174 Å². The first-order valence-electron chi connectivity index (χ1n) is 6.80. The van der Waals surface area contributed by atoms with Crippen LogP contribution in [0.25, 0.3) is 0 Å². The van der Waals surface area contributed by atoms with E-state index in [9.17, 15) is 14.5 Å². The molecule has 0 aromatic carbocycles. The first-order valence-corrected chi connectivity index (χ1v) is 8.33. The lowest BCUT2D eigenvalue weighted by atomic mass is 10.3. The molecule has 132 valence electrons. The Bertz CT molecular complexity index is 789. The highest BCUT2D eigenvalue weighted by atomic mass is 31.2. The fourth-order valence-corrected chi connectivity index (χ4v) is 3.08. The molecule has 2 atom stereocenters. The molecule has 0 saturated heterocycles. The van der Waals surface area contributed by atoms with Crippen molar-refractivity contribution in [3.8, 4) is 0 Å². The van der Waals surface area contributed by atoms with Gasteiger partial charge in [-0.2, -0.15) is 4.98 Å². The molecular weight excluding hydrogens is 345 g/mol. The molecule has 0 spiro atoms. The maximum Gasteiger partial charge on any atom is 0.524 e. The summed E-state index contributed by atoms with van der Waals surface area (Å²) in [6.07, 6.45) is -0.584. The van der Waals surface area contributed by atoms with Crippen molar-refractivity contribution in [1.82, 2.24) is 9.97 Å². The average Bonchev–Trinajstić information content (AvgIpc) is 2.98. The monoisotopic (exact) mass is 361 g/mol. The van der Waals surface area contributed by atoms with Crippen LogP contribution in [0, 0.1) is 0 Å². The van der Waals surface area contributed by atoms with E-state index in [1.807, 2.05) is 0 Å². The van der Waals surface area contributed by atoms with Gasteiger partial charge in [0, 0.05) is 13.1 Å². The molecule has 1 aromatic rings. The molecule has 3 rings (SSSR count). The van der Waals surface area contributed by atoms with Crippen LogP contribution in [-0.4, -0.2) is 57.5 Å². The first-order chi connectivity index (χ1) is 11.2. The normalized spacial score (nSPS) is 23.4. The molecule has 3 heterocycles. The van der Waals surface area contributed by atoms with Gasteiger partial charge in [-0.05, 0) is 0 Å². The summed E-state index contributed by atoms with van der Waals surface area (Å²) >= 11 is 0. The Morgan fingerprint density at radius 2 is 2.29 bits per heavy atom. The number of fused-ring (bicyclic) bond motifs is 1. The summed E-state index contributed by atoms with van der Waals surface area (Å²) in [5.74, 6) is -0.00899. The van der Waals surface area contributed by atoms with Gasteiger partial charge in [-0.25, -0.2) is 4.57 Å². The number of H-pyrrole nitrogens is 1. The van der Waals surface area contributed by atoms with Gasteiger partial charge in [0.25, 0.3) is 5.56 Å². The molecular formula is C11H16N5O7P. The van der Waals surface area contributed by atoms with Crippen LogP contribution in [0.1, 0.15) is 0 Å². The molecule has 24 heavy (non-hydrogen) atoms. The number of rotatable bonds is 4. The van der Waals surface area contributed by atoms with Gasteiger partial charge in [0.05, 0.1) is 13.3 Å². The summed E-state index contributed by atoms with van der Waals surface area (Å²) in [6, 6.07) is 0. The molecule has 2 aliphatic heterocycles. The lowest BCUT2D eigenvalue weighted by Crippen LogP contribution is -2.38. The maximum atomic E-state index is 12.0. The summed E-state index contributed by atoms with van der Waals surface area (Å²) in [7, 11) is -3.13. The van der Waals surface area contributed by atoms with Crippen molar-refractivity contribution in [1.29, 1.82) is 0 Å². The largest absolute Gasteiger partial charge is 0.524 e. The van der Waals surface area contributed by atoms with Gasteiger partial charge in [0.1, 0.15) is 17.6 Å². The molecule has 6 N–H and O–H groups in total. The van der Waals surface area contributed by atoms with Gasteiger partial charge in [-0.15, -0.1) is 0 Å². The number of aromatic nitrogens is 2. The standard InChI is InChI=1S/C11H16N5O7P/c1-15-4-16(9-8(15)10(18)14-11(12)13-9)7-2-5(6(3-17)22-7)23-24(19,20)21/h2,6-7,17H,3-4H2,1H3,(H2,19,20,21)(H3,12,13,14,18)/t6-,7-/m1/s1. The van der Waals surface area contributed by atoms with Crippen LogP contribution in [0.15, 0.2) is 16.6 Å². The quantitative estimate of drug-likeness (QED) is 0.386. The maximum absolute atomic E-state index is 12.0. The van der Waals surface area contributed by atoms with E-state index in [0.717, 1.165) is 0 Å². The van der Waals surface area contributed by atoms with Crippen molar-refractivity contribution >= 4 is 25.3 Å². The Morgan fingerprint density at radius 1 is 1.58 bits per heavy atom. The van der Waals surface area contributed by atoms with E-state index < -0.39 is 32.3 Å². The Labute approximate surface area is 135 Å². The van der Waals surface area contributed by atoms with Gasteiger partial charge < -0.3 is 29.9 Å². The van der Waals surface area contributed by atoms with Crippen LogP contribution >= 0.6 is 7.82 Å². The van der Waals surface area contributed by atoms with Crippen LogP contribution in [-0.2, 0) is 13.8 Å². The van der Waals surface area contributed by atoms with Gasteiger partial charge in [-0.1, -0.05) is 0 Å². The Hall–Kier alpha value is -2.11. The number of phosphoric acid groups is 1. The number of hydrogen-bond acceptors (Lipinski definition) is 9. The zero-order chi connectivity index (χ0) is 17.6. The number of nitrogens with two attached hydrogens (primary N) is 1.